The number of carbonyl (C=O) groups is 1. The van der Waals surface area contributed by atoms with E-state index in [1.165, 1.54) is 56.0 Å². The largest absolute Gasteiger partial charge is 0.506 e. The second kappa shape index (κ2) is 8.80. The van der Waals surface area contributed by atoms with Gasteiger partial charge in [-0.05, 0) is 43.2 Å². The van der Waals surface area contributed by atoms with E-state index in [2.05, 4.69) is 5.32 Å². The summed E-state index contributed by atoms with van der Waals surface area (Å²) >= 11 is 0. The Kier molecular flexibility index (Phi) is 6.37. The molecule has 30 heavy (non-hydrogen) atoms. The Morgan fingerprint density at radius 1 is 1.00 bits per heavy atom. The minimum Gasteiger partial charge on any atom is -0.506 e. The average Bonchev–Trinajstić information content (AvgIpc) is 3.29. The van der Waals surface area contributed by atoms with Crippen molar-refractivity contribution in [3.8, 4) is 23.0 Å². The molecule has 0 aliphatic carbocycles. The van der Waals surface area contributed by atoms with Crippen LogP contribution in [0.15, 0.2) is 35.2 Å². The van der Waals surface area contributed by atoms with Crippen LogP contribution in [0.4, 0.5) is 5.69 Å². The fourth-order valence-electron chi connectivity index (χ4n) is 3.26. The lowest BCUT2D eigenvalue weighted by Gasteiger charge is -2.17. The second-order valence-corrected chi connectivity index (χ2v) is 8.60. The van der Waals surface area contributed by atoms with Crippen LogP contribution in [0.2, 0.25) is 0 Å². The molecule has 0 aromatic heterocycles. The van der Waals surface area contributed by atoms with Crippen molar-refractivity contribution >= 4 is 21.6 Å². The number of nitrogens with one attached hydrogen (secondary N) is 1. The van der Waals surface area contributed by atoms with Gasteiger partial charge in [0.15, 0.2) is 11.5 Å². The molecule has 162 valence electrons. The lowest BCUT2D eigenvalue weighted by molar-refractivity contribution is 0.102. The Bertz CT molecular complexity index is 1020. The fraction of sp³-hybridized carbons (Fsp3) is 0.350. The molecule has 9 nitrogen and oxygen atoms in total. The molecule has 1 heterocycles. The zero-order chi connectivity index (χ0) is 21.9. The first kappa shape index (κ1) is 21.7. The molecule has 1 aliphatic heterocycles. The molecule has 2 aromatic rings. The first-order valence-electron chi connectivity index (χ1n) is 9.26. The Morgan fingerprint density at radius 3 is 2.13 bits per heavy atom. The standard InChI is InChI=1S/C20H24N2O7S/c1-27-17-10-13(11-18(28-2)19(17)29-3)20(24)21-15-12-14(6-7-16(15)23)30(25,26)22-8-4-5-9-22/h6-7,10-12,23H,4-5,8-9H2,1-3H3,(H,21,24). The number of phenolic OH excluding ortho intramolecular Hbond substituents is 1. The van der Waals surface area contributed by atoms with Gasteiger partial charge < -0.3 is 24.6 Å². The highest BCUT2D eigenvalue weighted by molar-refractivity contribution is 7.89. The van der Waals surface area contributed by atoms with Gasteiger partial charge in [-0.3, -0.25) is 4.79 Å². The number of sulfonamides is 1. The van der Waals surface area contributed by atoms with Crippen LogP contribution in [0, 0.1) is 0 Å². The molecule has 1 saturated heterocycles. The summed E-state index contributed by atoms with van der Waals surface area (Å²) < 4.78 is 42.7. The van der Waals surface area contributed by atoms with Crippen LogP contribution >= 0.6 is 0 Å². The molecule has 1 amide bonds. The van der Waals surface area contributed by atoms with E-state index in [1.807, 2.05) is 0 Å². The van der Waals surface area contributed by atoms with Gasteiger partial charge in [0.05, 0.1) is 31.9 Å². The summed E-state index contributed by atoms with van der Waals surface area (Å²) in [6.45, 7) is 0.909. The van der Waals surface area contributed by atoms with Crippen molar-refractivity contribution in [1.29, 1.82) is 0 Å². The van der Waals surface area contributed by atoms with Gasteiger partial charge >= 0.3 is 0 Å². The summed E-state index contributed by atoms with van der Waals surface area (Å²) in [4.78, 5) is 12.8. The number of nitrogens with zero attached hydrogens (tertiary/aromatic N) is 1. The smallest absolute Gasteiger partial charge is 0.256 e. The minimum atomic E-state index is -3.69. The van der Waals surface area contributed by atoms with Crippen LogP contribution in [0.25, 0.3) is 0 Å². The van der Waals surface area contributed by atoms with Gasteiger partial charge in [0.2, 0.25) is 15.8 Å². The lowest BCUT2D eigenvalue weighted by atomic mass is 10.1. The van der Waals surface area contributed by atoms with E-state index in [9.17, 15) is 18.3 Å². The maximum Gasteiger partial charge on any atom is 0.256 e. The van der Waals surface area contributed by atoms with Gasteiger partial charge in [-0.1, -0.05) is 0 Å². The molecule has 0 unspecified atom stereocenters. The third-order valence-electron chi connectivity index (χ3n) is 4.85. The van der Waals surface area contributed by atoms with Crippen molar-refractivity contribution in [2.45, 2.75) is 17.7 Å². The number of amides is 1. The number of hydrogen-bond donors (Lipinski definition) is 2. The fourth-order valence-corrected chi connectivity index (χ4v) is 4.80. The molecular weight excluding hydrogens is 412 g/mol. The first-order valence-corrected chi connectivity index (χ1v) is 10.7. The van der Waals surface area contributed by atoms with Crippen LogP contribution in [0.1, 0.15) is 23.2 Å². The highest BCUT2D eigenvalue weighted by Crippen LogP contribution is 2.38. The van der Waals surface area contributed by atoms with Gasteiger partial charge in [0.25, 0.3) is 5.91 Å². The molecular formula is C20H24N2O7S. The second-order valence-electron chi connectivity index (χ2n) is 6.66. The number of benzene rings is 2. The van der Waals surface area contributed by atoms with E-state index in [4.69, 9.17) is 14.2 Å². The molecule has 0 saturated carbocycles. The summed E-state index contributed by atoms with van der Waals surface area (Å²) in [5.74, 6) is 0.0719. The van der Waals surface area contributed by atoms with Gasteiger partial charge in [-0.25, -0.2) is 8.42 Å². The van der Waals surface area contributed by atoms with Crippen LogP contribution in [0.5, 0.6) is 23.0 Å². The average molecular weight is 436 g/mol. The summed E-state index contributed by atoms with van der Waals surface area (Å²) in [6, 6.07) is 6.72. The van der Waals surface area contributed by atoms with E-state index < -0.39 is 15.9 Å². The maximum atomic E-state index is 12.8. The van der Waals surface area contributed by atoms with E-state index in [1.54, 1.807) is 0 Å². The summed E-state index contributed by atoms with van der Waals surface area (Å²) in [6.07, 6.45) is 1.62. The number of rotatable bonds is 7. The Balaban J connectivity index is 1.92. The van der Waals surface area contributed by atoms with Crippen molar-refractivity contribution < 1.29 is 32.5 Å². The molecule has 0 bridgehead atoms. The van der Waals surface area contributed by atoms with Gasteiger partial charge in [0, 0.05) is 18.7 Å². The van der Waals surface area contributed by atoms with Crippen molar-refractivity contribution in [3.05, 3.63) is 35.9 Å². The molecule has 1 aliphatic rings. The summed E-state index contributed by atoms with van der Waals surface area (Å²) in [7, 11) is 0.611. The molecule has 3 rings (SSSR count). The first-order chi connectivity index (χ1) is 14.3. The van der Waals surface area contributed by atoms with Crippen LogP contribution in [0.3, 0.4) is 0 Å². The van der Waals surface area contributed by atoms with Gasteiger partial charge in [-0.2, -0.15) is 4.31 Å². The maximum absolute atomic E-state index is 12.8. The van der Waals surface area contributed by atoms with Crippen molar-refractivity contribution in [2.75, 3.05) is 39.7 Å². The summed E-state index contributed by atoms with van der Waals surface area (Å²) in [5.41, 5.74) is 0.158. The van der Waals surface area contributed by atoms with Crippen LogP contribution < -0.4 is 19.5 Å². The molecule has 2 aromatic carbocycles. The van der Waals surface area contributed by atoms with Crippen LogP contribution in [-0.2, 0) is 10.0 Å². The number of anilines is 1. The lowest BCUT2D eigenvalue weighted by Crippen LogP contribution is -2.28. The molecule has 0 radical (unpaired) electrons. The molecule has 10 heteroatoms. The highest BCUT2D eigenvalue weighted by atomic mass is 32.2. The third kappa shape index (κ3) is 4.14. The van der Waals surface area contributed by atoms with Gasteiger partial charge in [-0.15, -0.1) is 0 Å². The quantitative estimate of drug-likeness (QED) is 0.641. The zero-order valence-corrected chi connectivity index (χ0v) is 17.8. The van der Waals surface area contributed by atoms with Crippen LogP contribution in [-0.4, -0.2) is 58.2 Å². The van der Waals surface area contributed by atoms with E-state index in [-0.39, 0.29) is 33.4 Å². The molecule has 0 spiro atoms. The Morgan fingerprint density at radius 2 is 1.60 bits per heavy atom. The number of methoxy groups -OCH3 is 3. The Hall–Kier alpha value is -2.98. The topological polar surface area (TPSA) is 114 Å². The molecule has 2 N–H and O–H groups in total. The SMILES string of the molecule is COc1cc(C(=O)Nc2cc(S(=O)(=O)N3CCCC3)ccc2O)cc(OC)c1OC. The molecule has 0 atom stereocenters. The predicted octanol–water partition coefficient (Wildman–Crippen LogP) is 2.45. The van der Waals surface area contributed by atoms with Crippen molar-refractivity contribution in [1.82, 2.24) is 4.31 Å². The molecule has 1 fully saturated rings. The zero-order valence-electron chi connectivity index (χ0n) is 17.0. The van der Waals surface area contributed by atoms with Crippen molar-refractivity contribution in [2.24, 2.45) is 0 Å². The third-order valence-corrected chi connectivity index (χ3v) is 6.74. The number of phenols is 1. The minimum absolute atomic E-state index is 0.00221. The normalized spacial score (nSPS) is 14.4. The number of aromatic hydroxyl groups is 1. The number of carbonyl (C=O) groups excluding carboxylic acids is 1. The Labute approximate surface area is 175 Å². The predicted molar refractivity (Wildman–Crippen MR) is 110 cm³/mol. The monoisotopic (exact) mass is 436 g/mol. The van der Waals surface area contributed by atoms with E-state index in [0.29, 0.717) is 18.8 Å². The van der Waals surface area contributed by atoms with E-state index >= 15 is 0 Å². The summed E-state index contributed by atoms with van der Waals surface area (Å²) in [5, 5.41) is 12.7. The number of hydrogen-bond acceptors (Lipinski definition) is 7. The van der Waals surface area contributed by atoms with Crippen molar-refractivity contribution in [3.63, 3.8) is 0 Å². The number of ether oxygens (including phenoxy) is 3. The van der Waals surface area contributed by atoms with Gasteiger partial charge in [0.1, 0.15) is 5.75 Å². The highest BCUT2D eigenvalue weighted by Gasteiger charge is 2.28. The van der Waals surface area contributed by atoms with E-state index in [0.717, 1.165) is 12.8 Å².